The van der Waals surface area contributed by atoms with Gasteiger partial charge in [-0.25, -0.2) is 0 Å². The molecule has 18 heavy (non-hydrogen) atoms. The summed E-state index contributed by atoms with van der Waals surface area (Å²) in [7, 11) is 0. The van der Waals surface area contributed by atoms with Gasteiger partial charge in [-0.05, 0) is 41.8 Å². The Balaban J connectivity index is 2.00. The van der Waals surface area contributed by atoms with Crippen molar-refractivity contribution in [2.75, 3.05) is 5.32 Å². The molecule has 1 aromatic carbocycles. The number of anilines is 1. The normalized spacial score (nSPS) is 12.1. The molecule has 0 radical (unpaired) electrons. The number of rotatable bonds is 5. The number of thiophene rings is 1. The predicted octanol–water partition coefficient (Wildman–Crippen LogP) is 3.70. The molecule has 5 heteroatoms. The van der Waals surface area contributed by atoms with E-state index in [0.29, 0.717) is 0 Å². The van der Waals surface area contributed by atoms with Crippen LogP contribution in [0, 0.1) is 10.1 Å². The minimum atomic E-state index is -0.380. The smallest absolute Gasteiger partial charge is 0.271 e. The Kier molecular flexibility index (Phi) is 3.94. The van der Waals surface area contributed by atoms with Gasteiger partial charge < -0.3 is 5.32 Å². The van der Waals surface area contributed by atoms with Crippen LogP contribution in [-0.4, -0.2) is 11.0 Å². The molecule has 0 amide bonds. The number of nitro benzene ring substituents is 1. The van der Waals surface area contributed by atoms with Gasteiger partial charge >= 0.3 is 0 Å². The molecule has 1 atom stereocenters. The molecule has 0 saturated heterocycles. The van der Waals surface area contributed by atoms with Gasteiger partial charge in [-0.15, -0.1) is 0 Å². The third kappa shape index (κ3) is 3.30. The molecule has 1 heterocycles. The van der Waals surface area contributed by atoms with E-state index in [-0.39, 0.29) is 16.7 Å². The van der Waals surface area contributed by atoms with Crippen LogP contribution >= 0.6 is 11.3 Å². The minimum absolute atomic E-state index is 0.114. The van der Waals surface area contributed by atoms with E-state index in [1.165, 1.54) is 11.6 Å². The lowest BCUT2D eigenvalue weighted by atomic mass is 10.1. The first kappa shape index (κ1) is 12.6. The summed E-state index contributed by atoms with van der Waals surface area (Å²) in [5.41, 5.74) is 2.18. The lowest BCUT2D eigenvalue weighted by molar-refractivity contribution is -0.384. The standard InChI is InChI=1S/C13H14N2O2S/c1-10(7-11-5-6-18-9-11)14-12-3-2-4-13(8-12)15(16)17/h2-6,8-10,14H,7H2,1H3. The third-order valence-corrected chi connectivity index (χ3v) is 3.32. The Labute approximate surface area is 109 Å². The Morgan fingerprint density at radius 2 is 2.28 bits per heavy atom. The number of nitrogens with one attached hydrogen (secondary N) is 1. The highest BCUT2D eigenvalue weighted by molar-refractivity contribution is 7.07. The SMILES string of the molecule is CC(Cc1ccsc1)Nc1cccc([N+](=O)[O-])c1. The predicted molar refractivity (Wildman–Crippen MR) is 74.2 cm³/mol. The van der Waals surface area contributed by atoms with Crippen LogP contribution in [-0.2, 0) is 6.42 Å². The average Bonchev–Trinajstić information content (AvgIpc) is 2.82. The Bertz CT molecular complexity index is 526. The van der Waals surface area contributed by atoms with E-state index < -0.39 is 0 Å². The van der Waals surface area contributed by atoms with Gasteiger partial charge in [0.05, 0.1) is 4.92 Å². The zero-order valence-electron chi connectivity index (χ0n) is 10.00. The van der Waals surface area contributed by atoms with Crippen molar-refractivity contribution < 1.29 is 4.92 Å². The van der Waals surface area contributed by atoms with E-state index in [0.717, 1.165) is 12.1 Å². The molecule has 0 aliphatic carbocycles. The van der Waals surface area contributed by atoms with Crippen molar-refractivity contribution in [2.24, 2.45) is 0 Å². The fraction of sp³-hybridized carbons (Fsp3) is 0.231. The summed E-state index contributed by atoms with van der Waals surface area (Å²) >= 11 is 1.68. The lowest BCUT2D eigenvalue weighted by Crippen LogP contribution is -2.17. The summed E-state index contributed by atoms with van der Waals surface area (Å²) in [6.07, 6.45) is 0.909. The first-order valence-corrected chi connectivity index (χ1v) is 6.61. The van der Waals surface area contributed by atoms with Gasteiger partial charge in [0.15, 0.2) is 0 Å². The van der Waals surface area contributed by atoms with Gasteiger partial charge in [0.25, 0.3) is 5.69 Å². The van der Waals surface area contributed by atoms with Crippen molar-refractivity contribution in [2.45, 2.75) is 19.4 Å². The zero-order valence-corrected chi connectivity index (χ0v) is 10.8. The molecule has 0 aliphatic heterocycles. The van der Waals surface area contributed by atoms with Gasteiger partial charge in [-0.1, -0.05) is 6.07 Å². The molecule has 94 valence electrons. The fourth-order valence-corrected chi connectivity index (χ4v) is 2.49. The third-order valence-electron chi connectivity index (χ3n) is 2.59. The highest BCUT2D eigenvalue weighted by Gasteiger charge is 2.08. The maximum absolute atomic E-state index is 10.7. The monoisotopic (exact) mass is 262 g/mol. The highest BCUT2D eigenvalue weighted by atomic mass is 32.1. The molecule has 2 rings (SSSR count). The second-order valence-corrected chi connectivity index (χ2v) is 4.97. The molecule has 2 aromatic rings. The van der Waals surface area contributed by atoms with Crippen molar-refractivity contribution in [1.29, 1.82) is 0 Å². The summed E-state index contributed by atoms with van der Waals surface area (Å²) in [4.78, 5) is 10.3. The summed E-state index contributed by atoms with van der Waals surface area (Å²) in [6, 6.07) is 8.92. The van der Waals surface area contributed by atoms with Crippen LogP contribution < -0.4 is 5.32 Å². The van der Waals surface area contributed by atoms with E-state index in [1.54, 1.807) is 23.5 Å². The molecule has 1 unspecified atom stereocenters. The molecule has 1 aromatic heterocycles. The van der Waals surface area contributed by atoms with Gasteiger partial charge in [-0.3, -0.25) is 10.1 Å². The maximum atomic E-state index is 10.7. The molecular formula is C13H14N2O2S. The van der Waals surface area contributed by atoms with Crippen molar-refractivity contribution in [1.82, 2.24) is 0 Å². The van der Waals surface area contributed by atoms with Crippen LogP contribution in [0.3, 0.4) is 0 Å². The van der Waals surface area contributed by atoms with Crippen LogP contribution in [0.25, 0.3) is 0 Å². The molecule has 0 bridgehead atoms. The maximum Gasteiger partial charge on any atom is 0.271 e. The number of nitro groups is 1. The van der Waals surface area contributed by atoms with Crippen molar-refractivity contribution in [3.05, 3.63) is 56.8 Å². The molecular weight excluding hydrogens is 248 g/mol. The van der Waals surface area contributed by atoms with Crippen molar-refractivity contribution >= 4 is 22.7 Å². The second-order valence-electron chi connectivity index (χ2n) is 4.19. The molecule has 1 N–H and O–H groups in total. The Hall–Kier alpha value is -1.88. The first-order valence-electron chi connectivity index (χ1n) is 5.67. The number of benzene rings is 1. The van der Waals surface area contributed by atoms with E-state index in [9.17, 15) is 10.1 Å². The summed E-state index contributed by atoms with van der Waals surface area (Å²) in [5, 5.41) is 18.1. The number of non-ortho nitro benzene ring substituents is 1. The van der Waals surface area contributed by atoms with E-state index in [1.807, 2.05) is 6.07 Å². The van der Waals surface area contributed by atoms with Gasteiger partial charge in [-0.2, -0.15) is 11.3 Å². The van der Waals surface area contributed by atoms with Crippen LogP contribution in [0.5, 0.6) is 0 Å². The van der Waals surface area contributed by atoms with E-state index in [2.05, 4.69) is 29.1 Å². The number of hydrogen-bond acceptors (Lipinski definition) is 4. The summed E-state index contributed by atoms with van der Waals surface area (Å²) < 4.78 is 0. The van der Waals surface area contributed by atoms with Crippen LogP contribution in [0.2, 0.25) is 0 Å². The first-order chi connectivity index (χ1) is 8.65. The second kappa shape index (κ2) is 5.64. The largest absolute Gasteiger partial charge is 0.382 e. The Morgan fingerprint density at radius 1 is 1.44 bits per heavy atom. The fourth-order valence-electron chi connectivity index (χ4n) is 1.81. The minimum Gasteiger partial charge on any atom is -0.382 e. The topological polar surface area (TPSA) is 55.2 Å². The molecule has 0 spiro atoms. The van der Waals surface area contributed by atoms with E-state index in [4.69, 9.17) is 0 Å². The summed E-state index contributed by atoms with van der Waals surface area (Å²) in [5.74, 6) is 0. The van der Waals surface area contributed by atoms with Crippen molar-refractivity contribution in [3.8, 4) is 0 Å². The average molecular weight is 262 g/mol. The van der Waals surface area contributed by atoms with Crippen LogP contribution in [0.1, 0.15) is 12.5 Å². The molecule has 0 fully saturated rings. The van der Waals surface area contributed by atoms with E-state index >= 15 is 0 Å². The molecule has 0 aliphatic rings. The zero-order chi connectivity index (χ0) is 13.0. The van der Waals surface area contributed by atoms with Gasteiger partial charge in [0.2, 0.25) is 0 Å². The van der Waals surface area contributed by atoms with Crippen LogP contribution in [0.15, 0.2) is 41.1 Å². The highest BCUT2D eigenvalue weighted by Crippen LogP contribution is 2.19. The van der Waals surface area contributed by atoms with Crippen LogP contribution in [0.4, 0.5) is 11.4 Å². The van der Waals surface area contributed by atoms with Gasteiger partial charge in [0, 0.05) is 23.9 Å². The van der Waals surface area contributed by atoms with Crippen molar-refractivity contribution in [3.63, 3.8) is 0 Å². The quantitative estimate of drug-likeness (QED) is 0.660. The van der Waals surface area contributed by atoms with Gasteiger partial charge in [0.1, 0.15) is 0 Å². The molecule has 0 saturated carbocycles. The molecule has 4 nitrogen and oxygen atoms in total. The Morgan fingerprint density at radius 3 is 2.94 bits per heavy atom. The number of hydrogen-bond donors (Lipinski definition) is 1. The lowest BCUT2D eigenvalue weighted by Gasteiger charge is -2.14. The summed E-state index contributed by atoms with van der Waals surface area (Å²) in [6.45, 7) is 2.07. The number of nitrogens with zero attached hydrogens (tertiary/aromatic N) is 1.